The molecule has 0 amide bonds. The second-order valence-electron chi connectivity index (χ2n) is 8.90. The molecule has 0 saturated heterocycles. The van der Waals surface area contributed by atoms with Crippen LogP contribution in [0, 0.1) is 6.92 Å². The van der Waals surface area contributed by atoms with E-state index in [1.165, 1.54) is 4.88 Å². The first-order valence-electron chi connectivity index (χ1n) is 12.1. The van der Waals surface area contributed by atoms with Crippen LogP contribution in [0.5, 0.6) is 5.75 Å². The maximum absolute atomic E-state index is 5.97. The number of benzene rings is 1. The third-order valence-corrected chi connectivity index (χ3v) is 7.27. The van der Waals surface area contributed by atoms with Gasteiger partial charge in [0.15, 0.2) is 11.5 Å². The number of nitrogens with one attached hydrogen (secondary N) is 2. The van der Waals surface area contributed by atoms with E-state index in [1.807, 2.05) is 54.6 Å². The van der Waals surface area contributed by atoms with Gasteiger partial charge in [-0.15, -0.1) is 11.3 Å². The topological polar surface area (TPSA) is 105 Å². The number of fused-ring (bicyclic) bond motifs is 2. The van der Waals surface area contributed by atoms with Gasteiger partial charge < -0.3 is 9.72 Å². The van der Waals surface area contributed by atoms with E-state index in [0.29, 0.717) is 23.9 Å². The molecule has 7 rings (SSSR count). The van der Waals surface area contributed by atoms with E-state index in [4.69, 9.17) is 14.7 Å². The van der Waals surface area contributed by atoms with Gasteiger partial charge >= 0.3 is 0 Å². The van der Waals surface area contributed by atoms with Crippen LogP contribution in [-0.4, -0.2) is 35.1 Å². The second kappa shape index (κ2) is 9.20. The highest BCUT2D eigenvalue weighted by Gasteiger charge is 2.18. The fourth-order valence-corrected chi connectivity index (χ4v) is 5.26. The van der Waals surface area contributed by atoms with Crippen molar-refractivity contribution in [2.75, 3.05) is 0 Å². The van der Waals surface area contributed by atoms with Crippen LogP contribution in [0.2, 0.25) is 0 Å². The number of nitrogens with zero attached hydrogens (tertiary/aromatic N) is 5. The summed E-state index contributed by atoms with van der Waals surface area (Å²) in [5.41, 5.74) is 7.48. The minimum Gasteiger partial charge on any atom is -0.487 e. The third-order valence-electron chi connectivity index (χ3n) is 6.26. The number of ether oxygens (including phenoxy) is 1. The van der Waals surface area contributed by atoms with Gasteiger partial charge in [0.05, 0.1) is 27.8 Å². The summed E-state index contributed by atoms with van der Waals surface area (Å²) in [6.45, 7) is 2.56. The summed E-state index contributed by atoms with van der Waals surface area (Å²) in [7, 11) is 0. The van der Waals surface area contributed by atoms with Gasteiger partial charge in [-0.3, -0.25) is 15.1 Å². The molecular weight excluding hydrogens is 494 g/mol. The van der Waals surface area contributed by atoms with E-state index < -0.39 is 0 Å². The van der Waals surface area contributed by atoms with E-state index in [1.54, 1.807) is 29.9 Å². The van der Waals surface area contributed by atoms with Gasteiger partial charge in [-0.2, -0.15) is 5.10 Å². The SMILES string of the molecule is Cc1ccc(-c2nccc3[nH]c(-c4n[nH]c5ccc(-c6cncc(OCc7ccccc7)c6)nc45)nc23)s1. The largest absolute Gasteiger partial charge is 0.487 e. The van der Waals surface area contributed by atoms with Gasteiger partial charge in [-0.1, -0.05) is 30.3 Å². The molecule has 8 nitrogen and oxygen atoms in total. The van der Waals surface area contributed by atoms with Crippen molar-refractivity contribution < 1.29 is 4.74 Å². The highest BCUT2D eigenvalue weighted by atomic mass is 32.1. The molecule has 9 heteroatoms. The fraction of sp³-hybridized carbons (Fsp3) is 0.0690. The summed E-state index contributed by atoms with van der Waals surface area (Å²) >= 11 is 1.70. The zero-order valence-electron chi connectivity index (χ0n) is 20.3. The van der Waals surface area contributed by atoms with E-state index in [9.17, 15) is 0 Å². The quantitative estimate of drug-likeness (QED) is 0.259. The van der Waals surface area contributed by atoms with Crippen molar-refractivity contribution in [2.45, 2.75) is 13.5 Å². The van der Waals surface area contributed by atoms with Gasteiger partial charge in [-0.05, 0) is 48.9 Å². The Balaban J connectivity index is 1.24. The molecule has 0 aliphatic rings. The van der Waals surface area contributed by atoms with E-state index in [0.717, 1.165) is 49.5 Å². The number of H-pyrrole nitrogens is 2. The lowest BCUT2D eigenvalue weighted by atomic mass is 10.1. The van der Waals surface area contributed by atoms with Crippen molar-refractivity contribution in [2.24, 2.45) is 0 Å². The number of thiophene rings is 1. The van der Waals surface area contributed by atoms with Gasteiger partial charge in [0, 0.05) is 22.8 Å². The maximum Gasteiger partial charge on any atom is 0.161 e. The summed E-state index contributed by atoms with van der Waals surface area (Å²) in [5, 5.41) is 7.63. The number of aromatic nitrogens is 7. The molecule has 7 aromatic rings. The molecule has 6 aromatic heterocycles. The van der Waals surface area contributed by atoms with Crippen LogP contribution in [0.1, 0.15) is 10.4 Å². The van der Waals surface area contributed by atoms with Crippen molar-refractivity contribution in [3.63, 3.8) is 0 Å². The predicted octanol–water partition coefficient (Wildman–Crippen LogP) is 6.57. The summed E-state index contributed by atoms with van der Waals surface area (Å²) in [4.78, 5) is 24.5. The van der Waals surface area contributed by atoms with Crippen molar-refractivity contribution in [1.82, 2.24) is 35.1 Å². The lowest BCUT2D eigenvalue weighted by Crippen LogP contribution is -1.96. The van der Waals surface area contributed by atoms with Crippen molar-refractivity contribution >= 4 is 33.4 Å². The van der Waals surface area contributed by atoms with E-state index >= 15 is 0 Å². The fourth-order valence-electron chi connectivity index (χ4n) is 4.39. The predicted molar refractivity (Wildman–Crippen MR) is 149 cm³/mol. The number of rotatable bonds is 6. The third kappa shape index (κ3) is 4.08. The van der Waals surface area contributed by atoms with Crippen LogP contribution >= 0.6 is 11.3 Å². The first-order valence-corrected chi connectivity index (χ1v) is 12.9. The minimum atomic E-state index is 0.470. The molecular formula is C29H21N7OS. The lowest BCUT2D eigenvalue weighted by molar-refractivity contribution is 0.305. The average Bonchev–Trinajstić information content (AvgIpc) is 3.70. The molecule has 0 aliphatic heterocycles. The Bertz CT molecular complexity index is 1910. The molecule has 0 radical (unpaired) electrons. The number of imidazole rings is 1. The molecule has 0 unspecified atom stereocenters. The first kappa shape index (κ1) is 22.3. The highest BCUT2D eigenvalue weighted by Crippen LogP contribution is 2.33. The monoisotopic (exact) mass is 515 g/mol. The molecule has 0 atom stereocenters. The summed E-state index contributed by atoms with van der Waals surface area (Å²) < 4.78 is 5.97. The molecule has 0 saturated carbocycles. The summed E-state index contributed by atoms with van der Waals surface area (Å²) in [5.74, 6) is 1.32. The molecule has 0 aliphatic carbocycles. The van der Waals surface area contributed by atoms with Crippen molar-refractivity contribution in [3.8, 4) is 39.1 Å². The Kier molecular flexibility index (Phi) is 5.41. The van der Waals surface area contributed by atoms with Crippen LogP contribution in [0.25, 0.3) is 55.4 Å². The average molecular weight is 516 g/mol. The van der Waals surface area contributed by atoms with Crippen LogP contribution in [-0.2, 0) is 6.61 Å². The number of hydrogen-bond acceptors (Lipinski definition) is 7. The standard InChI is InChI=1S/C29H21N7OS/c1-17-7-10-24(38-17)27-25-22(11-12-31-27)33-29(34-25)28-26-23(35-36-28)9-8-21(32-26)19-13-20(15-30-14-19)37-16-18-5-3-2-4-6-18/h2-15H,16H2,1H3,(H,33,34)(H,35,36). The Morgan fingerprint density at radius 1 is 0.868 bits per heavy atom. The smallest absolute Gasteiger partial charge is 0.161 e. The molecule has 0 fully saturated rings. The van der Waals surface area contributed by atoms with E-state index in [-0.39, 0.29) is 0 Å². The summed E-state index contributed by atoms with van der Waals surface area (Å²) in [6, 6.07) is 22.0. The number of aryl methyl sites for hydroxylation is 1. The van der Waals surface area contributed by atoms with Gasteiger partial charge in [-0.25, -0.2) is 9.97 Å². The highest BCUT2D eigenvalue weighted by molar-refractivity contribution is 7.15. The minimum absolute atomic E-state index is 0.470. The van der Waals surface area contributed by atoms with Crippen LogP contribution in [0.4, 0.5) is 0 Å². The molecule has 0 spiro atoms. The Morgan fingerprint density at radius 2 is 1.76 bits per heavy atom. The van der Waals surface area contributed by atoms with Crippen molar-refractivity contribution in [3.05, 3.63) is 95.8 Å². The van der Waals surface area contributed by atoms with Crippen molar-refractivity contribution in [1.29, 1.82) is 0 Å². The molecule has 38 heavy (non-hydrogen) atoms. The number of aromatic amines is 2. The zero-order valence-corrected chi connectivity index (χ0v) is 21.2. The van der Waals surface area contributed by atoms with Gasteiger partial charge in [0.1, 0.15) is 29.1 Å². The molecule has 6 heterocycles. The molecule has 0 bridgehead atoms. The van der Waals surface area contributed by atoms with Crippen LogP contribution < -0.4 is 4.74 Å². The van der Waals surface area contributed by atoms with Crippen LogP contribution in [0.3, 0.4) is 0 Å². The number of pyridine rings is 3. The Hall–Kier alpha value is -4.89. The maximum atomic E-state index is 5.97. The molecule has 2 N–H and O–H groups in total. The van der Waals surface area contributed by atoms with E-state index in [2.05, 4.69) is 44.2 Å². The summed E-state index contributed by atoms with van der Waals surface area (Å²) in [6.07, 6.45) is 5.29. The Labute approximate surface area is 221 Å². The normalized spacial score (nSPS) is 11.4. The number of hydrogen-bond donors (Lipinski definition) is 2. The Morgan fingerprint density at radius 3 is 2.63 bits per heavy atom. The lowest BCUT2D eigenvalue weighted by Gasteiger charge is -2.08. The van der Waals surface area contributed by atoms with Gasteiger partial charge in [0.2, 0.25) is 0 Å². The zero-order chi connectivity index (χ0) is 25.5. The van der Waals surface area contributed by atoms with Crippen LogP contribution in [0.15, 0.2) is 85.3 Å². The molecule has 184 valence electrons. The molecule has 1 aromatic carbocycles. The van der Waals surface area contributed by atoms with Gasteiger partial charge in [0.25, 0.3) is 0 Å². The first-order chi connectivity index (χ1) is 18.7. The second-order valence-corrected chi connectivity index (χ2v) is 10.2.